The van der Waals surface area contributed by atoms with E-state index in [1.54, 1.807) is 24.3 Å². The molecule has 10 heteroatoms. The Kier molecular flexibility index (Phi) is 5.34. The van der Waals surface area contributed by atoms with Crippen LogP contribution in [0.4, 0.5) is 25.8 Å². The van der Waals surface area contributed by atoms with Gasteiger partial charge in [0.25, 0.3) is 17.5 Å². The molecule has 0 saturated heterocycles. The van der Waals surface area contributed by atoms with Crippen LogP contribution in [-0.2, 0) is 0 Å². The smallest absolute Gasteiger partial charge is 0.293 e. The zero-order valence-corrected chi connectivity index (χ0v) is 16.1. The van der Waals surface area contributed by atoms with Crippen molar-refractivity contribution in [2.45, 2.75) is 0 Å². The third kappa shape index (κ3) is 4.01. The van der Waals surface area contributed by atoms with Crippen molar-refractivity contribution in [1.29, 1.82) is 0 Å². The van der Waals surface area contributed by atoms with Crippen molar-refractivity contribution < 1.29 is 27.7 Å². The van der Waals surface area contributed by atoms with Gasteiger partial charge in [0.05, 0.1) is 4.92 Å². The monoisotopic (exact) mass is 437 g/mol. The van der Waals surface area contributed by atoms with Gasteiger partial charge in [0.15, 0.2) is 11.6 Å². The molecule has 1 aromatic heterocycles. The van der Waals surface area contributed by atoms with Gasteiger partial charge in [-0.15, -0.1) is 0 Å². The number of fused-ring (bicyclic) bond motifs is 1. The number of nitro benzene ring substituents is 1. The number of benzene rings is 3. The molecule has 0 radical (unpaired) electrons. The highest BCUT2D eigenvalue weighted by molar-refractivity contribution is 6.16. The van der Waals surface area contributed by atoms with E-state index in [1.165, 1.54) is 24.3 Å². The van der Waals surface area contributed by atoms with Gasteiger partial charge < -0.3 is 15.1 Å². The number of rotatable bonds is 5. The minimum Gasteiger partial charge on any atom is -0.449 e. The first kappa shape index (κ1) is 20.7. The lowest BCUT2D eigenvalue weighted by Gasteiger charge is -2.08. The Balaban J connectivity index is 1.66. The van der Waals surface area contributed by atoms with Crippen LogP contribution < -0.4 is 10.6 Å². The van der Waals surface area contributed by atoms with Crippen LogP contribution in [0.25, 0.3) is 11.0 Å². The number of nitrogens with zero attached hydrogens (tertiary/aromatic N) is 1. The zero-order chi connectivity index (χ0) is 22.8. The van der Waals surface area contributed by atoms with Crippen LogP contribution in [0, 0.1) is 21.7 Å². The van der Waals surface area contributed by atoms with Crippen LogP contribution in [-0.4, -0.2) is 16.7 Å². The van der Waals surface area contributed by atoms with Crippen molar-refractivity contribution in [1.82, 2.24) is 0 Å². The van der Waals surface area contributed by atoms with Crippen molar-refractivity contribution in [2.75, 3.05) is 10.6 Å². The Morgan fingerprint density at radius 3 is 2.28 bits per heavy atom. The van der Waals surface area contributed by atoms with Gasteiger partial charge in [-0.25, -0.2) is 8.78 Å². The van der Waals surface area contributed by atoms with E-state index in [-0.39, 0.29) is 28.4 Å². The molecule has 0 bridgehead atoms. The Hall–Kier alpha value is -4.60. The summed E-state index contributed by atoms with van der Waals surface area (Å²) in [7, 11) is 0. The fourth-order valence-corrected chi connectivity index (χ4v) is 3.01. The van der Waals surface area contributed by atoms with E-state index in [4.69, 9.17) is 4.42 Å². The second-order valence-electron chi connectivity index (χ2n) is 6.64. The summed E-state index contributed by atoms with van der Waals surface area (Å²) in [6.07, 6.45) is 0. The van der Waals surface area contributed by atoms with E-state index in [0.29, 0.717) is 11.0 Å². The van der Waals surface area contributed by atoms with E-state index in [9.17, 15) is 28.5 Å². The maximum atomic E-state index is 13.5. The number of furan rings is 1. The number of carbonyl (C=O) groups is 2. The highest BCUT2D eigenvalue weighted by atomic mass is 19.2. The SMILES string of the molecule is O=C(Nc1c(C(=O)Nc2ccc([N+](=O)[O-])cc2)oc2ccccc12)c1ccc(F)c(F)c1. The summed E-state index contributed by atoms with van der Waals surface area (Å²) in [6, 6.07) is 14.3. The van der Waals surface area contributed by atoms with Gasteiger partial charge in [-0.1, -0.05) is 12.1 Å². The van der Waals surface area contributed by atoms with Crippen molar-refractivity contribution in [3.63, 3.8) is 0 Å². The summed E-state index contributed by atoms with van der Waals surface area (Å²) in [4.78, 5) is 35.7. The number of carbonyl (C=O) groups excluding carboxylic acids is 2. The number of hydrogen-bond donors (Lipinski definition) is 2. The molecule has 0 fully saturated rings. The van der Waals surface area contributed by atoms with Crippen molar-refractivity contribution in [2.24, 2.45) is 0 Å². The minimum atomic E-state index is -1.19. The zero-order valence-electron chi connectivity index (χ0n) is 16.1. The maximum absolute atomic E-state index is 13.5. The van der Waals surface area contributed by atoms with Gasteiger partial charge >= 0.3 is 0 Å². The van der Waals surface area contributed by atoms with Crippen LogP contribution in [0.1, 0.15) is 20.9 Å². The average molecular weight is 437 g/mol. The Morgan fingerprint density at radius 1 is 0.875 bits per heavy atom. The van der Waals surface area contributed by atoms with Crippen molar-refractivity contribution in [3.05, 3.63) is 99.8 Å². The fraction of sp³-hybridized carbons (Fsp3) is 0. The highest BCUT2D eigenvalue weighted by Gasteiger charge is 2.23. The van der Waals surface area contributed by atoms with E-state index in [1.807, 2.05) is 0 Å². The van der Waals surface area contributed by atoms with Gasteiger partial charge in [0.2, 0.25) is 5.76 Å². The number of hydrogen-bond acceptors (Lipinski definition) is 5. The van der Waals surface area contributed by atoms with E-state index in [2.05, 4.69) is 10.6 Å². The molecule has 0 saturated carbocycles. The molecule has 3 aromatic carbocycles. The maximum Gasteiger partial charge on any atom is 0.293 e. The molecule has 0 aliphatic heterocycles. The normalized spacial score (nSPS) is 10.7. The summed E-state index contributed by atoms with van der Waals surface area (Å²) in [5.74, 6) is -4.03. The second-order valence-corrected chi connectivity index (χ2v) is 6.64. The Labute approximate surface area is 178 Å². The third-order valence-electron chi connectivity index (χ3n) is 4.56. The quantitative estimate of drug-likeness (QED) is 0.332. The topological polar surface area (TPSA) is 114 Å². The summed E-state index contributed by atoms with van der Waals surface area (Å²) < 4.78 is 32.3. The number of para-hydroxylation sites is 1. The van der Waals surface area contributed by atoms with E-state index >= 15 is 0 Å². The van der Waals surface area contributed by atoms with Gasteiger partial charge in [-0.05, 0) is 42.5 Å². The summed E-state index contributed by atoms with van der Waals surface area (Å²) >= 11 is 0. The Morgan fingerprint density at radius 2 is 1.59 bits per heavy atom. The number of anilines is 2. The molecule has 0 unspecified atom stereocenters. The van der Waals surface area contributed by atoms with Gasteiger partial charge in [0, 0.05) is 28.8 Å². The fourth-order valence-electron chi connectivity index (χ4n) is 3.01. The predicted octanol–water partition coefficient (Wildman–Crippen LogP) is 5.12. The number of nitrogens with one attached hydrogen (secondary N) is 2. The van der Waals surface area contributed by atoms with Crippen LogP contribution >= 0.6 is 0 Å². The van der Waals surface area contributed by atoms with Crippen molar-refractivity contribution in [3.8, 4) is 0 Å². The van der Waals surface area contributed by atoms with Gasteiger partial charge in [-0.2, -0.15) is 0 Å². The first-order chi connectivity index (χ1) is 15.3. The lowest BCUT2D eigenvalue weighted by atomic mass is 10.1. The van der Waals surface area contributed by atoms with Gasteiger partial charge in [-0.3, -0.25) is 19.7 Å². The van der Waals surface area contributed by atoms with E-state index in [0.717, 1.165) is 18.2 Å². The largest absolute Gasteiger partial charge is 0.449 e. The van der Waals surface area contributed by atoms with Crippen LogP contribution in [0.15, 0.2) is 71.1 Å². The summed E-state index contributed by atoms with van der Waals surface area (Å²) in [5.41, 5.74) is 0.303. The molecular formula is C22H13F2N3O5. The molecule has 2 amide bonds. The third-order valence-corrected chi connectivity index (χ3v) is 4.56. The summed E-state index contributed by atoms with van der Waals surface area (Å²) in [5, 5.41) is 16.2. The molecule has 0 spiro atoms. The lowest BCUT2D eigenvalue weighted by Crippen LogP contribution is -2.17. The first-order valence-electron chi connectivity index (χ1n) is 9.17. The molecule has 4 aromatic rings. The van der Waals surface area contributed by atoms with Gasteiger partial charge in [0.1, 0.15) is 11.3 Å². The molecule has 0 atom stereocenters. The highest BCUT2D eigenvalue weighted by Crippen LogP contribution is 2.32. The number of amides is 2. The average Bonchev–Trinajstić information content (AvgIpc) is 3.14. The predicted molar refractivity (Wildman–Crippen MR) is 112 cm³/mol. The van der Waals surface area contributed by atoms with Crippen LogP contribution in [0.5, 0.6) is 0 Å². The molecule has 1 heterocycles. The minimum absolute atomic E-state index is 0.0368. The lowest BCUT2D eigenvalue weighted by molar-refractivity contribution is -0.384. The standard InChI is InChI=1S/C22H13F2N3O5/c23-16-10-5-12(11-17(16)24)21(28)26-19-15-3-1-2-4-18(15)32-20(19)22(29)25-13-6-8-14(9-7-13)27(30)31/h1-11H,(H,25,29)(H,26,28). The van der Waals surface area contributed by atoms with E-state index < -0.39 is 28.4 Å². The second kappa shape index (κ2) is 8.26. The Bertz CT molecular complexity index is 1370. The van der Waals surface area contributed by atoms with Crippen molar-refractivity contribution >= 4 is 39.8 Å². The molecule has 0 aliphatic carbocycles. The molecule has 8 nitrogen and oxygen atoms in total. The molecule has 0 aliphatic rings. The molecule has 32 heavy (non-hydrogen) atoms. The molecule has 160 valence electrons. The first-order valence-corrected chi connectivity index (χ1v) is 9.17. The number of halogens is 2. The molecule has 2 N–H and O–H groups in total. The van der Waals surface area contributed by atoms with Crippen LogP contribution in [0.2, 0.25) is 0 Å². The number of nitro groups is 1. The summed E-state index contributed by atoms with van der Waals surface area (Å²) in [6.45, 7) is 0. The van der Waals surface area contributed by atoms with Crippen LogP contribution in [0.3, 0.4) is 0 Å². The molecule has 4 rings (SSSR count). The number of non-ortho nitro benzene ring substituents is 1. The molecular weight excluding hydrogens is 424 g/mol.